The normalized spacial score (nSPS) is 19.5. The number of carbonyl (C=O) groups is 2. The lowest BCUT2D eigenvalue weighted by molar-refractivity contribution is -0.143. The standard InChI is InChI=1S/C16H21FN2O3/c1-11(12-4-6-14(17)7-5-12)9-18-16(22)19-8-2-3-13(10-19)15(20)21/h4-7,11,13H,2-3,8-10H2,1H3,(H,18,22)(H,20,21). The van der Waals surface area contributed by atoms with Gasteiger partial charge in [0.25, 0.3) is 0 Å². The lowest BCUT2D eigenvalue weighted by atomic mass is 9.98. The number of amides is 2. The second-order valence-electron chi connectivity index (χ2n) is 5.76. The average molecular weight is 308 g/mol. The maximum absolute atomic E-state index is 12.9. The Bertz CT molecular complexity index is 533. The second kappa shape index (κ2) is 7.24. The molecule has 2 atom stereocenters. The summed E-state index contributed by atoms with van der Waals surface area (Å²) in [5.74, 6) is -1.55. The van der Waals surface area contributed by atoms with Crippen molar-refractivity contribution in [3.63, 3.8) is 0 Å². The van der Waals surface area contributed by atoms with Gasteiger partial charge in [0.2, 0.25) is 0 Å². The first-order valence-electron chi connectivity index (χ1n) is 7.48. The molecule has 120 valence electrons. The zero-order valence-corrected chi connectivity index (χ0v) is 12.6. The first-order valence-corrected chi connectivity index (χ1v) is 7.48. The van der Waals surface area contributed by atoms with Crippen molar-refractivity contribution >= 4 is 12.0 Å². The number of carboxylic acids is 1. The van der Waals surface area contributed by atoms with Gasteiger partial charge in [-0.2, -0.15) is 0 Å². The minimum Gasteiger partial charge on any atom is -0.481 e. The SMILES string of the molecule is CC(CNC(=O)N1CCCC(C(=O)O)C1)c1ccc(F)cc1. The molecule has 6 heteroatoms. The van der Waals surface area contributed by atoms with E-state index in [0.717, 1.165) is 5.56 Å². The lowest BCUT2D eigenvalue weighted by Gasteiger charge is -2.31. The first kappa shape index (κ1) is 16.3. The van der Waals surface area contributed by atoms with Crippen LogP contribution in [-0.4, -0.2) is 41.6 Å². The topological polar surface area (TPSA) is 69.6 Å². The monoisotopic (exact) mass is 308 g/mol. The average Bonchev–Trinajstić information content (AvgIpc) is 2.53. The number of carbonyl (C=O) groups excluding carboxylic acids is 1. The lowest BCUT2D eigenvalue weighted by Crippen LogP contribution is -2.47. The minimum absolute atomic E-state index is 0.0598. The van der Waals surface area contributed by atoms with Gasteiger partial charge < -0.3 is 15.3 Å². The fourth-order valence-electron chi connectivity index (χ4n) is 2.62. The third-order valence-electron chi connectivity index (χ3n) is 4.06. The molecule has 0 bridgehead atoms. The Hall–Kier alpha value is -2.11. The van der Waals surface area contributed by atoms with Crippen LogP contribution in [0.3, 0.4) is 0 Å². The molecular weight excluding hydrogens is 287 g/mol. The molecule has 1 aliphatic heterocycles. The summed E-state index contributed by atoms with van der Waals surface area (Å²) in [4.78, 5) is 24.7. The summed E-state index contributed by atoms with van der Waals surface area (Å²) in [6.07, 6.45) is 1.32. The number of rotatable bonds is 4. The van der Waals surface area contributed by atoms with Crippen molar-refractivity contribution < 1.29 is 19.1 Å². The third-order valence-corrected chi connectivity index (χ3v) is 4.06. The van der Waals surface area contributed by atoms with Crippen molar-refractivity contribution in [3.05, 3.63) is 35.6 Å². The van der Waals surface area contributed by atoms with Gasteiger partial charge in [-0.25, -0.2) is 9.18 Å². The predicted molar refractivity (Wildman–Crippen MR) is 80.1 cm³/mol. The largest absolute Gasteiger partial charge is 0.481 e. The molecule has 0 saturated carbocycles. The Morgan fingerprint density at radius 1 is 1.41 bits per heavy atom. The molecule has 2 N–H and O–H groups in total. The Balaban J connectivity index is 1.84. The van der Waals surface area contributed by atoms with E-state index in [-0.39, 0.29) is 24.3 Å². The van der Waals surface area contributed by atoms with Crippen LogP contribution in [0.2, 0.25) is 0 Å². The van der Waals surface area contributed by atoms with Crippen molar-refractivity contribution in [2.24, 2.45) is 5.92 Å². The molecule has 22 heavy (non-hydrogen) atoms. The summed E-state index contributed by atoms with van der Waals surface area (Å²) in [5.41, 5.74) is 0.948. The number of carboxylic acid groups (broad SMARTS) is 1. The van der Waals surface area contributed by atoms with Gasteiger partial charge in [-0.1, -0.05) is 19.1 Å². The molecule has 0 spiro atoms. The molecule has 2 amide bonds. The van der Waals surface area contributed by atoms with Crippen LogP contribution in [0.25, 0.3) is 0 Å². The van der Waals surface area contributed by atoms with Crippen LogP contribution >= 0.6 is 0 Å². The fraction of sp³-hybridized carbons (Fsp3) is 0.500. The number of halogens is 1. The van der Waals surface area contributed by atoms with Crippen molar-refractivity contribution in [2.75, 3.05) is 19.6 Å². The summed E-state index contributed by atoms with van der Waals surface area (Å²) in [6, 6.07) is 5.96. The molecule has 0 radical (unpaired) electrons. The van der Waals surface area contributed by atoms with Gasteiger partial charge in [0.05, 0.1) is 5.92 Å². The van der Waals surface area contributed by atoms with Gasteiger partial charge in [0, 0.05) is 19.6 Å². The van der Waals surface area contributed by atoms with Crippen LogP contribution in [-0.2, 0) is 4.79 Å². The van der Waals surface area contributed by atoms with Crippen LogP contribution in [0.1, 0.15) is 31.2 Å². The summed E-state index contributed by atoms with van der Waals surface area (Å²) < 4.78 is 12.9. The summed E-state index contributed by atoms with van der Waals surface area (Å²) in [6.45, 7) is 3.22. The molecule has 1 saturated heterocycles. The molecule has 2 unspecified atom stereocenters. The summed E-state index contributed by atoms with van der Waals surface area (Å²) >= 11 is 0. The van der Waals surface area contributed by atoms with Gasteiger partial charge in [-0.05, 0) is 36.5 Å². The third kappa shape index (κ3) is 4.19. The van der Waals surface area contributed by atoms with Crippen LogP contribution in [0, 0.1) is 11.7 Å². The van der Waals surface area contributed by atoms with E-state index in [9.17, 15) is 14.0 Å². The number of urea groups is 1. The molecule has 0 aromatic heterocycles. The predicted octanol–water partition coefficient (Wildman–Crippen LogP) is 2.44. The number of nitrogens with one attached hydrogen (secondary N) is 1. The van der Waals surface area contributed by atoms with E-state index >= 15 is 0 Å². The van der Waals surface area contributed by atoms with Gasteiger partial charge in [-0.15, -0.1) is 0 Å². The van der Waals surface area contributed by atoms with E-state index in [1.165, 1.54) is 12.1 Å². The van der Waals surface area contributed by atoms with Crippen molar-refractivity contribution in [2.45, 2.75) is 25.7 Å². The smallest absolute Gasteiger partial charge is 0.317 e. The Morgan fingerprint density at radius 3 is 2.73 bits per heavy atom. The van der Waals surface area contributed by atoms with E-state index in [0.29, 0.717) is 25.9 Å². The zero-order valence-electron chi connectivity index (χ0n) is 12.6. The van der Waals surface area contributed by atoms with Gasteiger partial charge in [-0.3, -0.25) is 4.79 Å². The number of hydrogen-bond donors (Lipinski definition) is 2. The highest BCUT2D eigenvalue weighted by molar-refractivity contribution is 5.76. The molecule has 1 fully saturated rings. The minimum atomic E-state index is -0.850. The number of hydrogen-bond acceptors (Lipinski definition) is 2. The number of nitrogens with zero attached hydrogens (tertiary/aromatic N) is 1. The van der Waals surface area contributed by atoms with Crippen LogP contribution in [0.5, 0.6) is 0 Å². The van der Waals surface area contributed by atoms with Crippen molar-refractivity contribution in [1.29, 1.82) is 0 Å². The maximum Gasteiger partial charge on any atom is 0.317 e. The van der Waals surface area contributed by atoms with E-state index in [4.69, 9.17) is 5.11 Å². The van der Waals surface area contributed by atoms with Gasteiger partial charge >= 0.3 is 12.0 Å². The molecule has 1 aromatic rings. The Labute approximate surface area is 129 Å². The fourth-order valence-corrected chi connectivity index (χ4v) is 2.62. The molecule has 1 aromatic carbocycles. The van der Waals surface area contributed by atoms with E-state index in [1.807, 2.05) is 6.92 Å². The highest BCUT2D eigenvalue weighted by Crippen LogP contribution is 2.18. The highest BCUT2D eigenvalue weighted by atomic mass is 19.1. The summed E-state index contributed by atoms with van der Waals surface area (Å²) in [7, 11) is 0. The molecule has 2 rings (SSSR count). The van der Waals surface area contributed by atoms with Crippen molar-refractivity contribution in [1.82, 2.24) is 10.2 Å². The van der Waals surface area contributed by atoms with Crippen LogP contribution in [0.15, 0.2) is 24.3 Å². The Morgan fingerprint density at radius 2 is 2.09 bits per heavy atom. The van der Waals surface area contributed by atoms with E-state index in [2.05, 4.69) is 5.32 Å². The van der Waals surface area contributed by atoms with E-state index < -0.39 is 11.9 Å². The molecular formula is C16H21FN2O3. The van der Waals surface area contributed by atoms with Gasteiger partial charge in [0.15, 0.2) is 0 Å². The van der Waals surface area contributed by atoms with Crippen molar-refractivity contribution in [3.8, 4) is 0 Å². The Kier molecular flexibility index (Phi) is 5.35. The van der Waals surface area contributed by atoms with E-state index in [1.54, 1.807) is 17.0 Å². The quantitative estimate of drug-likeness (QED) is 0.897. The molecule has 0 aliphatic carbocycles. The molecule has 1 aliphatic rings. The molecule has 5 nitrogen and oxygen atoms in total. The van der Waals surface area contributed by atoms with Gasteiger partial charge in [0.1, 0.15) is 5.82 Å². The van der Waals surface area contributed by atoms with Crippen LogP contribution in [0.4, 0.5) is 9.18 Å². The summed E-state index contributed by atoms with van der Waals surface area (Å²) in [5, 5.41) is 11.9. The number of likely N-dealkylation sites (tertiary alicyclic amines) is 1. The molecule has 1 heterocycles. The number of piperidine rings is 1. The number of benzene rings is 1. The highest BCUT2D eigenvalue weighted by Gasteiger charge is 2.28. The first-order chi connectivity index (χ1) is 10.5. The second-order valence-corrected chi connectivity index (χ2v) is 5.76. The maximum atomic E-state index is 12.9. The number of aliphatic carboxylic acids is 1. The van der Waals surface area contributed by atoms with Crippen LogP contribution < -0.4 is 5.32 Å². The zero-order chi connectivity index (χ0) is 16.1.